The van der Waals surface area contributed by atoms with E-state index in [0.717, 1.165) is 0 Å². The Kier molecular flexibility index (Phi) is 4.17. The smallest absolute Gasteiger partial charge is 0.308 e. The highest BCUT2D eigenvalue weighted by atomic mass is 19.1. The van der Waals surface area contributed by atoms with Gasteiger partial charge in [0, 0.05) is 6.42 Å². The molecule has 2 rings (SSSR count). The van der Waals surface area contributed by atoms with Gasteiger partial charge in [0.2, 0.25) is 0 Å². The van der Waals surface area contributed by atoms with E-state index in [4.69, 9.17) is 9.47 Å². The normalized spacial score (nSPS) is 26.4. The van der Waals surface area contributed by atoms with E-state index in [0.29, 0.717) is 18.6 Å². The number of methoxy groups -OCH3 is 1. The molecule has 0 aromatic heterocycles. The van der Waals surface area contributed by atoms with Crippen molar-refractivity contribution in [3.63, 3.8) is 0 Å². The van der Waals surface area contributed by atoms with Crippen LogP contribution in [0.2, 0.25) is 0 Å². The van der Waals surface area contributed by atoms with Crippen LogP contribution in [-0.4, -0.2) is 31.6 Å². The largest absolute Gasteiger partial charge is 0.469 e. The summed E-state index contributed by atoms with van der Waals surface area (Å²) in [6.07, 6.45) is 0.102. The van der Waals surface area contributed by atoms with Gasteiger partial charge in [0.25, 0.3) is 0 Å². The molecule has 4 nitrogen and oxygen atoms in total. The fraction of sp³-hybridized carbons (Fsp3) is 0.500. The molecule has 1 fully saturated rings. The van der Waals surface area contributed by atoms with E-state index in [1.54, 1.807) is 25.1 Å². The molecular formula is C14H17FO4. The minimum absolute atomic E-state index is 0.142. The molecule has 0 aliphatic carbocycles. The molecule has 0 bridgehead atoms. The van der Waals surface area contributed by atoms with Crippen molar-refractivity contribution in [1.29, 1.82) is 0 Å². The van der Waals surface area contributed by atoms with Crippen LogP contribution < -0.4 is 0 Å². The number of hydrogen-bond acceptors (Lipinski definition) is 4. The molecule has 1 aliphatic rings. The summed E-state index contributed by atoms with van der Waals surface area (Å²) in [6.45, 7) is 2.05. The number of carbonyl (C=O) groups is 1. The van der Waals surface area contributed by atoms with E-state index in [9.17, 15) is 9.18 Å². The summed E-state index contributed by atoms with van der Waals surface area (Å²) in [4.78, 5) is 11.2. The maximum absolute atomic E-state index is 13.6. The number of ether oxygens (including phenoxy) is 3. The monoisotopic (exact) mass is 268 g/mol. The van der Waals surface area contributed by atoms with Crippen molar-refractivity contribution in [3.05, 3.63) is 35.6 Å². The van der Waals surface area contributed by atoms with Gasteiger partial charge in [0.1, 0.15) is 5.82 Å². The Hall–Kier alpha value is -1.46. The highest BCUT2D eigenvalue weighted by Crippen LogP contribution is 2.29. The Balaban J connectivity index is 1.98. The summed E-state index contributed by atoms with van der Waals surface area (Å²) in [6, 6.07) is 6.50. The zero-order chi connectivity index (χ0) is 13.9. The highest BCUT2D eigenvalue weighted by molar-refractivity contribution is 5.69. The summed E-state index contributed by atoms with van der Waals surface area (Å²) in [5.41, 5.74) is 0.531. The van der Waals surface area contributed by atoms with Gasteiger partial charge in [0.05, 0.1) is 26.2 Å². The van der Waals surface area contributed by atoms with E-state index in [1.165, 1.54) is 13.2 Å². The molecule has 0 saturated carbocycles. The second-order valence-corrected chi connectivity index (χ2v) is 4.73. The van der Waals surface area contributed by atoms with Crippen LogP contribution in [0.5, 0.6) is 0 Å². The molecule has 1 aromatic rings. The second-order valence-electron chi connectivity index (χ2n) is 4.73. The average molecular weight is 268 g/mol. The molecule has 1 aliphatic heterocycles. The first-order valence-corrected chi connectivity index (χ1v) is 6.14. The third kappa shape index (κ3) is 3.52. The van der Waals surface area contributed by atoms with Gasteiger partial charge in [-0.1, -0.05) is 18.2 Å². The van der Waals surface area contributed by atoms with Gasteiger partial charge in [-0.2, -0.15) is 0 Å². The number of halogens is 1. The van der Waals surface area contributed by atoms with Gasteiger partial charge in [-0.15, -0.1) is 0 Å². The highest BCUT2D eigenvalue weighted by Gasteiger charge is 2.38. The standard InChI is InChI=1S/C14H17FO4/c1-14(8-10-5-3-4-6-12(10)15)18-9-11(19-14)7-13(16)17-2/h3-6,11H,7-9H2,1-2H3. The molecule has 1 saturated heterocycles. The summed E-state index contributed by atoms with van der Waals surface area (Å²) in [5, 5.41) is 0. The number of esters is 1. The first kappa shape index (κ1) is 14.0. The summed E-state index contributed by atoms with van der Waals surface area (Å²) >= 11 is 0. The van der Waals surface area contributed by atoms with Crippen molar-refractivity contribution in [2.24, 2.45) is 0 Å². The maximum Gasteiger partial charge on any atom is 0.308 e. The molecule has 0 radical (unpaired) electrons. The zero-order valence-corrected chi connectivity index (χ0v) is 11.0. The number of carbonyl (C=O) groups excluding carboxylic acids is 1. The maximum atomic E-state index is 13.6. The van der Waals surface area contributed by atoms with E-state index < -0.39 is 5.79 Å². The van der Waals surface area contributed by atoms with Crippen LogP contribution in [0.15, 0.2) is 24.3 Å². The Morgan fingerprint density at radius 1 is 1.53 bits per heavy atom. The Morgan fingerprint density at radius 3 is 2.95 bits per heavy atom. The van der Waals surface area contributed by atoms with Crippen molar-refractivity contribution in [1.82, 2.24) is 0 Å². The van der Waals surface area contributed by atoms with E-state index in [1.807, 2.05) is 0 Å². The zero-order valence-electron chi connectivity index (χ0n) is 11.0. The van der Waals surface area contributed by atoms with Gasteiger partial charge in [0.15, 0.2) is 5.79 Å². The Morgan fingerprint density at radius 2 is 2.26 bits per heavy atom. The summed E-state index contributed by atoms with van der Waals surface area (Å²) in [5.74, 6) is -1.53. The molecule has 19 heavy (non-hydrogen) atoms. The summed E-state index contributed by atoms with van der Waals surface area (Å²) in [7, 11) is 1.33. The lowest BCUT2D eigenvalue weighted by molar-refractivity contribution is -0.159. The van der Waals surface area contributed by atoms with Gasteiger partial charge >= 0.3 is 5.97 Å². The minimum Gasteiger partial charge on any atom is -0.469 e. The van der Waals surface area contributed by atoms with Crippen molar-refractivity contribution in [2.45, 2.75) is 31.7 Å². The fourth-order valence-corrected chi connectivity index (χ4v) is 2.14. The van der Waals surface area contributed by atoms with Gasteiger partial charge in [-0.3, -0.25) is 4.79 Å². The van der Waals surface area contributed by atoms with Crippen molar-refractivity contribution >= 4 is 5.97 Å². The molecule has 1 aromatic carbocycles. The first-order valence-electron chi connectivity index (χ1n) is 6.14. The third-order valence-electron chi connectivity index (χ3n) is 3.08. The van der Waals surface area contributed by atoms with Crippen LogP contribution in [0.3, 0.4) is 0 Å². The molecule has 2 unspecified atom stereocenters. The molecule has 104 valence electrons. The quantitative estimate of drug-likeness (QED) is 0.784. The lowest BCUT2D eigenvalue weighted by Crippen LogP contribution is -2.30. The van der Waals surface area contributed by atoms with Crippen LogP contribution in [-0.2, 0) is 25.4 Å². The summed E-state index contributed by atoms with van der Waals surface area (Å²) < 4.78 is 29.4. The topological polar surface area (TPSA) is 44.8 Å². The minimum atomic E-state index is -0.902. The molecule has 0 spiro atoms. The second kappa shape index (κ2) is 5.67. The van der Waals surface area contributed by atoms with Crippen LogP contribution >= 0.6 is 0 Å². The lowest BCUT2D eigenvalue weighted by Gasteiger charge is -2.23. The van der Waals surface area contributed by atoms with Crippen molar-refractivity contribution in [3.8, 4) is 0 Å². The van der Waals surface area contributed by atoms with Crippen LogP contribution in [0.1, 0.15) is 18.9 Å². The average Bonchev–Trinajstić information content (AvgIpc) is 2.73. The predicted octanol–water partition coefficient (Wildman–Crippen LogP) is 2.06. The van der Waals surface area contributed by atoms with Crippen molar-refractivity contribution < 1.29 is 23.4 Å². The number of hydrogen-bond donors (Lipinski definition) is 0. The van der Waals surface area contributed by atoms with E-state index in [2.05, 4.69) is 4.74 Å². The number of rotatable bonds is 4. The molecule has 0 N–H and O–H groups in total. The molecular weight excluding hydrogens is 251 g/mol. The van der Waals surface area contributed by atoms with Gasteiger partial charge < -0.3 is 14.2 Å². The van der Waals surface area contributed by atoms with Gasteiger partial charge in [-0.05, 0) is 18.6 Å². The first-order chi connectivity index (χ1) is 9.02. The van der Waals surface area contributed by atoms with Crippen molar-refractivity contribution in [2.75, 3.05) is 13.7 Å². The van der Waals surface area contributed by atoms with E-state index >= 15 is 0 Å². The SMILES string of the molecule is COC(=O)CC1COC(C)(Cc2ccccc2F)O1. The molecule has 0 amide bonds. The van der Waals surface area contributed by atoms with Crippen LogP contribution in [0.25, 0.3) is 0 Å². The fourth-order valence-electron chi connectivity index (χ4n) is 2.14. The van der Waals surface area contributed by atoms with Gasteiger partial charge in [-0.25, -0.2) is 4.39 Å². The van der Waals surface area contributed by atoms with Crippen LogP contribution in [0.4, 0.5) is 4.39 Å². The molecule has 5 heteroatoms. The molecule has 1 heterocycles. The third-order valence-corrected chi connectivity index (χ3v) is 3.08. The Bertz CT molecular complexity index is 463. The van der Waals surface area contributed by atoms with E-state index in [-0.39, 0.29) is 24.3 Å². The lowest BCUT2D eigenvalue weighted by atomic mass is 10.1. The van der Waals surface area contributed by atoms with Crippen LogP contribution in [0, 0.1) is 5.82 Å². The number of benzene rings is 1. The predicted molar refractivity (Wildman–Crippen MR) is 66.0 cm³/mol. The molecule has 2 atom stereocenters. The Labute approximate surface area is 111 Å².